The summed E-state index contributed by atoms with van der Waals surface area (Å²) < 4.78 is 58.9. The Morgan fingerprint density at radius 1 is 0.559 bits per heavy atom. The average molecular weight is 610 g/mol. The van der Waals surface area contributed by atoms with Crippen molar-refractivity contribution in [3.63, 3.8) is 0 Å². The van der Waals surface area contributed by atoms with E-state index in [0.29, 0.717) is 25.7 Å². The molecule has 0 aliphatic rings. The van der Waals surface area contributed by atoms with Crippen LogP contribution in [-0.2, 0) is 36.3 Å². The molecular weight excluding hydrogens is 572 g/mol. The average Bonchev–Trinajstić information content (AvgIpc) is 2.82. The molecule has 0 aliphatic carbocycles. The van der Waals surface area contributed by atoms with Gasteiger partial charge < -0.3 is 9.05 Å². The summed E-state index contributed by atoms with van der Waals surface area (Å²) in [6, 6.07) is 0. The van der Waals surface area contributed by atoms with Crippen molar-refractivity contribution in [1.29, 1.82) is 0 Å². The lowest BCUT2D eigenvalue weighted by atomic mass is 10.4. The molecule has 0 aromatic rings. The lowest BCUT2D eigenvalue weighted by Crippen LogP contribution is -2.14. The number of rotatable bonds is 20. The Labute approximate surface area is 224 Å². The first-order valence-electron chi connectivity index (χ1n) is 11.2. The molecule has 14 heteroatoms. The highest BCUT2D eigenvalue weighted by molar-refractivity contribution is 7.49. The topological polar surface area (TPSA) is 89.5 Å². The van der Waals surface area contributed by atoms with Crippen molar-refractivity contribution in [1.82, 2.24) is 0 Å². The second-order valence-corrected chi connectivity index (χ2v) is 13.1. The standard InChI is InChI=1S/C20H38Cl4O8P2/c1-7-17(21)11-27-33(25,28-12-18(22)8-2)31-15(5)16(6)32-34(26,29-13-19(23)9-3)30-14-20(24)10-4/h17-20H,7-14H2,1-6H3/b16-15+/t17-,18-,19-,20+,34?/m1/s1. The molecule has 0 saturated heterocycles. The number of allylic oxidation sites excluding steroid dienone is 2. The molecular formula is C20H38Cl4O8P2. The van der Waals surface area contributed by atoms with E-state index in [0.717, 1.165) is 0 Å². The highest BCUT2D eigenvalue weighted by Crippen LogP contribution is 2.55. The van der Waals surface area contributed by atoms with Gasteiger partial charge in [0, 0.05) is 0 Å². The Morgan fingerprint density at radius 2 is 0.765 bits per heavy atom. The lowest BCUT2D eigenvalue weighted by molar-refractivity contribution is 0.117. The second kappa shape index (κ2) is 18.1. The van der Waals surface area contributed by atoms with Gasteiger partial charge in [0.2, 0.25) is 0 Å². The number of phosphoric ester groups is 2. The van der Waals surface area contributed by atoms with E-state index in [9.17, 15) is 9.13 Å². The Hall–Kier alpha value is 0.800. The van der Waals surface area contributed by atoms with Crippen LogP contribution in [0.15, 0.2) is 11.5 Å². The van der Waals surface area contributed by atoms with Crippen LogP contribution in [0.25, 0.3) is 0 Å². The van der Waals surface area contributed by atoms with Gasteiger partial charge >= 0.3 is 15.6 Å². The summed E-state index contributed by atoms with van der Waals surface area (Å²) in [5.74, 6) is -0.0336. The van der Waals surface area contributed by atoms with E-state index in [4.69, 9.17) is 73.5 Å². The van der Waals surface area contributed by atoms with Gasteiger partial charge in [-0.2, -0.15) is 0 Å². The Kier molecular flexibility index (Phi) is 18.5. The molecule has 0 aromatic carbocycles. The van der Waals surface area contributed by atoms with Crippen molar-refractivity contribution >= 4 is 62.0 Å². The van der Waals surface area contributed by atoms with Crippen molar-refractivity contribution < 1.29 is 36.3 Å². The zero-order valence-electron chi connectivity index (χ0n) is 20.6. The minimum absolute atomic E-state index is 0.0168. The number of phosphoric acid groups is 2. The van der Waals surface area contributed by atoms with Gasteiger partial charge in [0.25, 0.3) is 0 Å². The van der Waals surface area contributed by atoms with Gasteiger partial charge in [-0.25, -0.2) is 9.13 Å². The third-order valence-electron chi connectivity index (χ3n) is 4.42. The van der Waals surface area contributed by atoms with Crippen LogP contribution >= 0.6 is 62.0 Å². The highest BCUT2D eigenvalue weighted by atomic mass is 35.5. The van der Waals surface area contributed by atoms with E-state index in [1.54, 1.807) is 0 Å². The summed E-state index contributed by atoms with van der Waals surface area (Å²) >= 11 is 24.3. The smallest absolute Gasteiger partial charge is 0.405 e. The van der Waals surface area contributed by atoms with Gasteiger partial charge in [-0.3, -0.25) is 18.1 Å². The summed E-state index contributed by atoms with van der Waals surface area (Å²) in [4.78, 5) is 0. The van der Waals surface area contributed by atoms with E-state index in [1.165, 1.54) is 13.8 Å². The number of hydrogen-bond acceptors (Lipinski definition) is 8. The Bertz CT molecular complexity index is 605. The molecule has 34 heavy (non-hydrogen) atoms. The van der Waals surface area contributed by atoms with Gasteiger partial charge in [0.05, 0.1) is 47.9 Å². The van der Waals surface area contributed by atoms with Crippen LogP contribution in [0.1, 0.15) is 67.2 Å². The molecule has 1 unspecified atom stereocenters. The van der Waals surface area contributed by atoms with Gasteiger partial charge in [0.1, 0.15) is 11.5 Å². The molecule has 5 atom stereocenters. The zero-order valence-corrected chi connectivity index (χ0v) is 25.5. The number of alkyl halides is 4. The molecule has 0 rings (SSSR count). The van der Waals surface area contributed by atoms with Gasteiger partial charge in [-0.15, -0.1) is 46.4 Å². The molecule has 0 spiro atoms. The molecule has 0 amide bonds. The molecule has 204 valence electrons. The third-order valence-corrected chi connectivity index (χ3v) is 9.01. The minimum Gasteiger partial charge on any atom is -0.405 e. The van der Waals surface area contributed by atoms with Gasteiger partial charge in [-0.1, -0.05) is 27.7 Å². The molecule has 0 radical (unpaired) electrons. The summed E-state index contributed by atoms with van der Waals surface area (Å²) in [5, 5.41) is -1.59. The van der Waals surface area contributed by atoms with Crippen molar-refractivity contribution in [2.75, 3.05) is 26.4 Å². The van der Waals surface area contributed by atoms with Crippen molar-refractivity contribution in [2.45, 2.75) is 88.7 Å². The first-order chi connectivity index (χ1) is 15.8. The first kappa shape index (κ1) is 34.8. The lowest BCUT2D eigenvalue weighted by Gasteiger charge is -2.24. The zero-order chi connectivity index (χ0) is 26.4. The fourth-order valence-corrected chi connectivity index (χ4v) is 5.15. The minimum atomic E-state index is -4.12. The molecule has 0 bridgehead atoms. The van der Waals surface area contributed by atoms with Crippen LogP contribution in [0.5, 0.6) is 0 Å². The summed E-state index contributed by atoms with van der Waals surface area (Å²) in [6.45, 7) is 10.0. The molecule has 0 N–H and O–H groups in total. The summed E-state index contributed by atoms with van der Waals surface area (Å²) in [5.41, 5.74) is 0. The van der Waals surface area contributed by atoms with Crippen LogP contribution in [0.3, 0.4) is 0 Å². The Morgan fingerprint density at radius 3 is 0.941 bits per heavy atom. The highest BCUT2D eigenvalue weighted by Gasteiger charge is 2.34. The fourth-order valence-electron chi connectivity index (χ4n) is 1.80. The van der Waals surface area contributed by atoms with Gasteiger partial charge in [-0.05, 0) is 39.5 Å². The maximum Gasteiger partial charge on any atom is 0.529 e. The predicted octanol–water partition coefficient (Wildman–Crippen LogP) is 8.62. The van der Waals surface area contributed by atoms with Crippen LogP contribution in [0.2, 0.25) is 0 Å². The summed E-state index contributed by atoms with van der Waals surface area (Å²) in [7, 11) is -8.24. The molecule has 0 heterocycles. The molecule has 0 fully saturated rings. The molecule has 0 aromatic heterocycles. The fraction of sp³-hybridized carbons (Fsp3) is 0.900. The molecule has 0 saturated carbocycles. The van der Waals surface area contributed by atoms with Crippen LogP contribution < -0.4 is 0 Å². The second-order valence-electron chi connectivity index (χ2n) is 7.39. The van der Waals surface area contributed by atoms with E-state index >= 15 is 0 Å². The maximum atomic E-state index is 13.2. The quantitative estimate of drug-likeness (QED) is 0.0769. The maximum absolute atomic E-state index is 13.2. The van der Waals surface area contributed by atoms with Crippen molar-refractivity contribution in [2.24, 2.45) is 0 Å². The molecule has 8 nitrogen and oxygen atoms in total. The van der Waals surface area contributed by atoms with Crippen LogP contribution in [-0.4, -0.2) is 47.9 Å². The van der Waals surface area contributed by atoms with E-state index in [1.807, 2.05) is 27.7 Å². The first-order valence-corrected chi connectivity index (χ1v) is 15.9. The van der Waals surface area contributed by atoms with E-state index in [-0.39, 0.29) is 37.9 Å². The largest absolute Gasteiger partial charge is 0.529 e. The SMILES string of the molecule is CC[C@@H](Cl)COP(=O)(OC[C@H](Cl)CC)O/C(C)=C(\C)OP(=O)(OC[C@H](Cl)CC)OC[C@@H](Cl)CC. The van der Waals surface area contributed by atoms with Crippen molar-refractivity contribution in [3.05, 3.63) is 11.5 Å². The molecule has 0 aliphatic heterocycles. The van der Waals surface area contributed by atoms with E-state index < -0.39 is 37.2 Å². The normalized spacial score (nSPS) is 18.4. The van der Waals surface area contributed by atoms with Crippen LogP contribution in [0, 0.1) is 0 Å². The third kappa shape index (κ3) is 15.1. The van der Waals surface area contributed by atoms with Crippen LogP contribution in [0.4, 0.5) is 0 Å². The Balaban J connectivity index is 5.60. The van der Waals surface area contributed by atoms with Crippen molar-refractivity contribution in [3.8, 4) is 0 Å². The van der Waals surface area contributed by atoms with E-state index in [2.05, 4.69) is 0 Å². The van der Waals surface area contributed by atoms with Gasteiger partial charge in [0.15, 0.2) is 0 Å². The number of hydrogen-bond donors (Lipinski definition) is 0. The monoisotopic (exact) mass is 608 g/mol. The predicted molar refractivity (Wildman–Crippen MR) is 139 cm³/mol. The number of halogens is 4. The summed E-state index contributed by atoms with van der Waals surface area (Å²) in [6.07, 6.45) is 2.34.